The zero-order valence-electron chi connectivity index (χ0n) is 10.6. The molecule has 0 radical (unpaired) electrons. The Labute approximate surface area is 120 Å². The topological polar surface area (TPSA) is 64.9 Å². The second-order valence-electron chi connectivity index (χ2n) is 5.13. The van der Waals surface area contributed by atoms with Crippen LogP contribution in [0.15, 0.2) is 33.3 Å². The molecule has 2 N–H and O–H groups in total. The molecule has 19 heavy (non-hydrogen) atoms. The van der Waals surface area contributed by atoms with E-state index < -0.39 is 0 Å². The van der Waals surface area contributed by atoms with Gasteiger partial charge in [-0.05, 0) is 37.0 Å². The van der Waals surface area contributed by atoms with Gasteiger partial charge < -0.3 is 10.3 Å². The van der Waals surface area contributed by atoms with Gasteiger partial charge in [0.25, 0.3) is 0 Å². The second-order valence-corrected chi connectivity index (χ2v) is 6.04. The number of hydrogen-bond donors (Lipinski definition) is 1. The first-order valence-corrected chi connectivity index (χ1v) is 7.32. The van der Waals surface area contributed by atoms with Crippen LogP contribution in [0.5, 0.6) is 0 Å². The minimum Gasteiger partial charge on any atom is -0.339 e. The molecule has 100 valence electrons. The largest absolute Gasteiger partial charge is 0.339 e. The SMILES string of the molecule is NC1CCC(c2nc(Cc3cccc(Br)c3)no2)C1. The molecule has 0 saturated heterocycles. The van der Waals surface area contributed by atoms with Gasteiger partial charge in [-0.25, -0.2) is 0 Å². The van der Waals surface area contributed by atoms with Crippen LogP contribution in [-0.2, 0) is 6.42 Å². The first-order chi connectivity index (χ1) is 9.20. The quantitative estimate of drug-likeness (QED) is 0.943. The number of benzene rings is 1. The van der Waals surface area contributed by atoms with Gasteiger partial charge in [-0.2, -0.15) is 4.98 Å². The number of aromatic nitrogens is 2. The molecule has 5 heteroatoms. The van der Waals surface area contributed by atoms with Crippen LogP contribution in [0.3, 0.4) is 0 Å². The van der Waals surface area contributed by atoms with Crippen molar-refractivity contribution in [3.63, 3.8) is 0 Å². The summed E-state index contributed by atoms with van der Waals surface area (Å²) in [5.74, 6) is 1.84. The maximum atomic E-state index is 5.91. The number of hydrogen-bond acceptors (Lipinski definition) is 4. The lowest BCUT2D eigenvalue weighted by atomic mass is 10.1. The highest BCUT2D eigenvalue weighted by Crippen LogP contribution is 2.32. The lowest BCUT2D eigenvalue weighted by Gasteiger charge is -2.01. The molecule has 3 rings (SSSR count). The Kier molecular flexibility index (Phi) is 3.66. The summed E-state index contributed by atoms with van der Waals surface area (Å²) in [4.78, 5) is 4.50. The van der Waals surface area contributed by atoms with Crippen LogP contribution in [0.4, 0.5) is 0 Å². The highest BCUT2D eigenvalue weighted by atomic mass is 79.9. The monoisotopic (exact) mass is 321 g/mol. The van der Waals surface area contributed by atoms with Gasteiger partial charge in [0.05, 0.1) is 0 Å². The van der Waals surface area contributed by atoms with Crippen molar-refractivity contribution in [2.24, 2.45) is 5.73 Å². The summed E-state index contributed by atoms with van der Waals surface area (Å²) in [5.41, 5.74) is 7.09. The molecule has 1 heterocycles. The average Bonchev–Trinajstić information content (AvgIpc) is 2.98. The van der Waals surface area contributed by atoms with Crippen molar-refractivity contribution in [2.45, 2.75) is 37.6 Å². The van der Waals surface area contributed by atoms with Gasteiger partial charge in [0, 0.05) is 22.9 Å². The third kappa shape index (κ3) is 3.04. The third-order valence-corrected chi connectivity index (χ3v) is 4.05. The minimum atomic E-state index is 0.283. The first kappa shape index (κ1) is 12.8. The molecule has 1 saturated carbocycles. The molecule has 0 amide bonds. The van der Waals surface area contributed by atoms with Crippen molar-refractivity contribution in [3.8, 4) is 0 Å². The molecular weight excluding hydrogens is 306 g/mol. The Morgan fingerprint density at radius 3 is 3.00 bits per heavy atom. The van der Waals surface area contributed by atoms with E-state index in [4.69, 9.17) is 10.3 Å². The van der Waals surface area contributed by atoms with Gasteiger partial charge in [-0.3, -0.25) is 0 Å². The molecule has 1 aromatic carbocycles. The minimum absolute atomic E-state index is 0.283. The maximum Gasteiger partial charge on any atom is 0.229 e. The zero-order chi connectivity index (χ0) is 13.2. The molecule has 0 bridgehead atoms. The van der Waals surface area contributed by atoms with Gasteiger partial charge in [-0.1, -0.05) is 33.2 Å². The fourth-order valence-electron chi connectivity index (χ4n) is 2.58. The predicted molar refractivity (Wildman–Crippen MR) is 75.8 cm³/mol. The number of nitrogens with zero attached hydrogens (tertiary/aromatic N) is 2. The van der Waals surface area contributed by atoms with Gasteiger partial charge >= 0.3 is 0 Å². The molecule has 2 atom stereocenters. The number of nitrogens with two attached hydrogens (primary N) is 1. The van der Waals surface area contributed by atoms with E-state index in [2.05, 4.69) is 38.2 Å². The van der Waals surface area contributed by atoms with Gasteiger partial charge in [0.1, 0.15) is 0 Å². The van der Waals surface area contributed by atoms with Gasteiger partial charge in [0.15, 0.2) is 5.82 Å². The van der Waals surface area contributed by atoms with E-state index in [0.717, 1.165) is 35.5 Å². The summed E-state index contributed by atoms with van der Waals surface area (Å²) in [6, 6.07) is 8.43. The van der Waals surface area contributed by atoms with Crippen LogP contribution in [0.25, 0.3) is 0 Å². The van der Waals surface area contributed by atoms with Crippen LogP contribution in [0.1, 0.15) is 42.5 Å². The molecule has 2 unspecified atom stereocenters. The van der Waals surface area contributed by atoms with Gasteiger partial charge in [0.2, 0.25) is 5.89 Å². The van der Waals surface area contributed by atoms with Crippen LogP contribution >= 0.6 is 15.9 Å². The van der Waals surface area contributed by atoms with Crippen molar-refractivity contribution < 1.29 is 4.52 Å². The summed E-state index contributed by atoms with van der Waals surface area (Å²) in [5, 5.41) is 4.07. The third-order valence-electron chi connectivity index (χ3n) is 3.56. The van der Waals surface area contributed by atoms with E-state index in [1.807, 2.05) is 12.1 Å². The Hall–Kier alpha value is -1.20. The standard InChI is InChI=1S/C14H16BrN3O/c15-11-3-1-2-9(6-11)7-13-17-14(19-18-13)10-4-5-12(16)8-10/h1-3,6,10,12H,4-5,7-8,16H2. The fourth-order valence-corrected chi connectivity index (χ4v) is 3.02. The molecule has 1 aliphatic carbocycles. The van der Waals surface area contributed by atoms with Crippen LogP contribution in [0, 0.1) is 0 Å². The summed E-state index contributed by atoms with van der Waals surface area (Å²) in [6.45, 7) is 0. The summed E-state index contributed by atoms with van der Waals surface area (Å²) < 4.78 is 6.44. The van der Waals surface area contributed by atoms with Gasteiger partial charge in [-0.15, -0.1) is 0 Å². The Morgan fingerprint density at radius 2 is 2.26 bits per heavy atom. The smallest absolute Gasteiger partial charge is 0.229 e. The fraction of sp³-hybridized carbons (Fsp3) is 0.429. The molecule has 1 aliphatic rings. The van der Waals surface area contributed by atoms with Crippen molar-refractivity contribution in [2.75, 3.05) is 0 Å². The molecule has 0 spiro atoms. The zero-order valence-corrected chi connectivity index (χ0v) is 12.1. The molecule has 1 aromatic heterocycles. The van der Waals surface area contributed by atoms with Crippen molar-refractivity contribution in [3.05, 3.63) is 46.0 Å². The molecule has 1 fully saturated rings. The van der Waals surface area contributed by atoms with E-state index >= 15 is 0 Å². The molecule has 2 aromatic rings. The Morgan fingerprint density at radius 1 is 1.37 bits per heavy atom. The second kappa shape index (κ2) is 5.43. The summed E-state index contributed by atoms with van der Waals surface area (Å²) in [7, 11) is 0. The molecular formula is C14H16BrN3O. The predicted octanol–water partition coefficient (Wildman–Crippen LogP) is 3.02. The summed E-state index contributed by atoms with van der Waals surface area (Å²) >= 11 is 3.46. The lowest BCUT2D eigenvalue weighted by Crippen LogP contribution is -2.14. The highest BCUT2D eigenvalue weighted by molar-refractivity contribution is 9.10. The van der Waals surface area contributed by atoms with E-state index in [1.165, 1.54) is 5.56 Å². The maximum absolute atomic E-state index is 5.91. The average molecular weight is 322 g/mol. The van der Waals surface area contributed by atoms with Crippen molar-refractivity contribution in [1.82, 2.24) is 10.1 Å². The first-order valence-electron chi connectivity index (χ1n) is 6.53. The van der Waals surface area contributed by atoms with Crippen LogP contribution in [0.2, 0.25) is 0 Å². The normalized spacial score (nSPS) is 22.8. The van der Waals surface area contributed by atoms with E-state index in [-0.39, 0.29) is 6.04 Å². The Bertz CT molecular complexity index is 569. The van der Waals surface area contributed by atoms with Crippen LogP contribution in [-0.4, -0.2) is 16.2 Å². The Balaban J connectivity index is 1.71. The lowest BCUT2D eigenvalue weighted by molar-refractivity contribution is 0.350. The van der Waals surface area contributed by atoms with Crippen LogP contribution < -0.4 is 5.73 Å². The molecule has 0 aliphatic heterocycles. The van der Waals surface area contributed by atoms with E-state index in [1.54, 1.807) is 0 Å². The number of halogens is 1. The molecule has 4 nitrogen and oxygen atoms in total. The highest BCUT2D eigenvalue weighted by Gasteiger charge is 2.27. The summed E-state index contributed by atoms with van der Waals surface area (Å²) in [6.07, 6.45) is 3.76. The van der Waals surface area contributed by atoms with Crippen molar-refractivity contribution in [1.29, 1.82) is 0 Å². The van der Waals surface area contributed by atoms with Crippen molar-refractivity contribution >= 4 is 15.9 Å². The number of rotatable bonds is 3. The van der Waals surface area contributed by atoms with E-state index in [9.17, 15) is 0 Å². The van der Waals surface area contributed by atoms with E-state index in [0.29, 0.717) is 12.3 Å².